The van der Waals surface area contributed by atoms with Gasteiger partial charge in [0.05, 0.1) is 33.2 Å². The van der Waals surface area contributed by atoms with Crippen molar-refractivity contribution in [2.24, 2.45) is 0 Å². The van der Waals surface area contributed by atoms with Crippen LogP contribution in [0.15, 0.2) is 30.3 Å². The fourth-order valence-corrected chi connectivity index (χ4v) is 2.44. The van der Waals surface area contributed by atoms with E-state index in [-0.39, 0.29) is 31.4 Å². The molecule has 104 valence electrons. The van der Waals surface area contributed by atoms with Crippen molar-refractivity contribution in [3.05, 3.63) is 30.3 Å². The summed E-state index contributed by atoms with van der Waals surface area (Å²) in [6, 6.07) is 10.8. The zero-order valence-corrected chi connectivity index (χ0v) is 13.1. The number of anilines is 1. The van der Waals surface area contributed by atoms with Gasteiger partial charge in [0.15, 0.2) is 0 Å². The first-order valence-electron chi connectivity index (χ1n) is 6.37. The van der Waals surface area contributed by atoms with E-state index >= 15 is 0 Å². The summed E-state index contributed by atoms with van der Waals surface area (Å²) in [6.45, 7) is 8.54. The van der Waals surface area contributed by atoms with Gasteiger partial charge in [-0.3, -0.25) is 0 Å². The van der Waals surface area contributed by atoms with E-state index in [0.717, 1.165) is 0 Å². The SMILES string of the molecule is C.CC[N+]1(C)CCCN(c2ccccc2)CC1.[I-]. The molecule has 1 atom stereocenters. The zero-order chi connectivity index (χ0) is 11.4. The number of rotatable bonds is 2. The molecule has 0 bridgehead atoms. The number of hydrogen-bond donors (Lipinski definition) is 0. The van der Waals surface area contributed by atoms with Crippen molar-refractivity contribution < 1.29 is 28.5 Å². The van der Waals surface area contributed by atoms with Crippen LogP contribution in [0.4, 0.5) is 5.69 Å². The molecule has 0 aliphatic carbocycles. The lowest BCUT2D eigenvalue weighted by molar-refractivity contribution is -0.905. The summed E-state index contributed by atoms with van der Waals surface area (Å²) >= 11 is 0. The second-order valence-electron chi connectivity index (χ2n) is 5.06. The molecule has 1 aliphatic rings. The Bertz CT molecular complexity index is 329. The quantitative estimate of drug-likeness (QED) is 0.529. The predicted octanol–water partition coefficient (Wildman–Crippen LogP) is 0.00330. The van der Waals surface area contributed by atoms with Gasteiger partial charge < -0.3 is 33.4 Å². The highest BCUT2D eigenvalue weighted by Gasteiger charge is 2.24. The summed E-state index contributed by atoms with van der Waals surface area (Å²) in [6.07, 6.45) is 1.30. The summed E-state index contributed by atoms with van der Waals surface area (Å²) in [7, 11) is 2.38. The van der Waals surface area contributed by atoms with Crippen molar-refractivity contribution in [2.75, 3.05) is 44.7 Å². The molecule has 2 rings (SSSR count). The van der Waals surface area contributed by atoms with Crippen LogP contribution in [0.25, 0.3) is 0 Å². The van der Waals surface area contributed by atoms with Gasteiger partial charge in [0.25, 0.3) is 0 Å². The van der Waals surface area contributed by atoms with Gasteiger partial charge in [-0.1, -0.05) is 25.6 Å². The normalized spacial score (nSPS) is 23.6. The van der Waals surface area contributed by atoms with E-state index in [4.69, 9.17) is 0 Å². The smallest absolute Gasteiger partial charge is 0.0962 e. The molecule has 0 aromatic heterocycles. The topological polar surface area (TPSA) is 3.24 Å². The molecule has 1 aliphatic heterocycles. The van der Waals surface area contributed by atoms with Crippen molar-refractivity contribution in [1.29, 1.82) is 0 Å². The maximum atomic E-state index is 2.53. The summed E-state index contributed by atoms with van der Waals surface area (Å²) < 4.78 is 1.23. The Kier molecular flexibility index (Phi) is 7.87. The van der Waals surface area contributed by atoms with E-state index in [1.165, 1.54) is 49.3 Å². The summed E-state index contributed by atoms with van der Waals surface area (Å²) in [5.74, 6) is 0. The van der Waals surface area contributed by atoms with E-state index in [1.54, 1.807) is 0 Å². The maximum Gasteiger partial charge on any atom is 0.0962 e. The zero-order valence-electron chi connectivity index (χ0n) is 10.9. The van der Waals surface area contributed by atoms with Crippen LogP contribution in [0.1, 0.15) is 20.8 Å². The van der Waals surface area contributed by atoms with E-state index in [0.29, 0.717) is 0 Å². The Morgan fingerprint density at radius 3 is 2.39 bits per heavy atom. The fraction of sp³-hybridized carbons (Fsp3) is 0.600. The van der Waals surface area contributed by atoms with Crippen molar-refractivity contribution in [1.82, 2.24) is 0 Å². The number of halogens is 1. The average Bonchev–Trinajstić information content (AvgIpc) is 2.53. The van der Waals surface area contributed by atoms with Crippen LogP contribution < -0.4 is 28.9 Å². The van der Waals surface area contributed by atoms with Gasteiger partial charge in [-0.25, -0.2) is 0 Å². The second kappa shape index (κ2) is 8.00. The standard InChI is InChI=1S/C14H23N2.CH4.HI/c1-3-16(2)12-7-10-15(11-13-16)14-8-5-4-6-9-14;;/h4-6,8-9H,3,7,10-13H2,1-2H3;1H4;1H/q+1;;/p-1. The van der Waals surface area contributed by atoms with Crippen LogP contribution in [0.2, 0.25) is 0 Å². The predicted molar refractivity (Wildman–Crippen MR) is 76.5 cm³/mol. The van der Waals surface area contributed by atoms with Crippen molar-refractivity contribution >= 4 is 5.69 Å². The van der Waals surface area contributed by atoms with Crippen molar-refractivity contribution in [2.45, 2.75) is 20.8 Å². The Morgan fingerprint density at radius 2 is 1.78 bits per heavy atom. The molecule has 1 fully saturated rings. The van der Waals surface area contributed by atoms with Gasteiger partial charge in [0.2, 0.25) is 0 Å². The van der Waals surface area contributed by atoms with Gasteiger partial charge in [-0.15, -0.1) is 0 Å². The molecule has 1 saturated heterocycles. The maximum absolute atomic E-state index is 2.53. The third kappa shape index (κ3) is 4.43. The third-order valence-corrected chi connectivity index (χ3v) is 3.92. The summed E-state index contributed by atoms with van der Waals surface area (Å²) in [5, 5.41) is 0. The molecule has 3 heteroatoms. The molecule has 0 radical (unpaired) electrons. The Balaban J connectivity index is 0.00000144. The Morgan fingerprint density at radius 1 is 1.11 bits per heavy atom. The molecule has 1 aromatic rings. The highest BCUT2D eigenvalue weighted by atomic mass is 127. The van der Waals surface area contributed by atoms with E-state index in [1.807, 2.05) is 0 Å². The second-order valence-corrected chi connectivity index (χ2v) is 5.06. The van der Waals surface area contributed by atoms with Crippen LogP contribution in [0, 0.1) is 0 Å². The molecule has 1 unspecified atom stereocenters. The van der Waals surface area contributed by atoms with Gasteiger partial charge in [-0.05, 0) is 19.1 Å². The first-order chi connectivity index (χ1) is 7.73. The van der Waals surface area contributed by atoms with Crippen LogP contribution in [-0.2, 0) is 0 Å². The molecule has 2 nitrogen and oxygen atoms in total. The Hall–Kier alpha value is -0.290. The molecule has 0 saturated carbocycles. The van der Waals surface area contributed by atoms with Crippen molar-refractivity contribution in [3.8, 4) is 0 Å². The number of para-hydroxylation sites is 1. The van der Waals surface area contributed by atoms with Gasteiger partial charge in [-0.2, -0.15) is 0 Å². The summed E-state index contributed by atoms with van der Waals surface area (Å²) in [5.41, 5.74) is 1.38. The number of nitrogens with zero attached hydrogens (tertiary/aromatic N) is 2. The largest absolute Gasteiger partial charge is 1.00 e. The van der Waals surface area contributed by atoms with E-state index in [9.17, 15) is 0 Å². The number of benzene rings is 1. The van der Waals surface area contributed by atoms with Crippen LogP contribution >= 0.6 is 0 Å². The van der Waals surface area contributed by atoms with Gasteiger partial charge in [0.1, 0.15) is 0 Å². The molecule has 0 amide bonds. The minimum Gasteiger partial charge on any atom is -1.00 e. The minimum absolute atomic E-state index is 0. The lowest BCUT2D eigenvalue weighted by Gasteiger charge is -2.32. The minimum atomic E-state index is 0. The first-order valence-corrected chi connectivity index (χ1v) is 6.37. The number of likely N-dealkylation sites (N-methyl/N-ethyl adjacent to an activating group) is 1. The van der Waals surface area contributed by atoms with Gasteiger partial charge in [0, 0.05) is 18.7 Å². The number of hydrogen-bond acceptors (Lipinski definition) is 1. The molecule has 0 N–H and O–H groups in total. The molecule has 1 aromatic carbocycles. The van der Waals surface area contributed by atoms with Crippen LogP contribution in [0.5, 0.6) is 0 Å². The van der Waals surface area contributed by atoms with Crippen LogP contribution in [-0.4, -0.2) is 44.3 Å². The number of quaternary nitrogens is 1. The van der Waals surface area contributed by atoms with E-state index in [2.05, 4.69) is 49.2 Å². The molecular formula is C15H27IN2. The van der Waals surface area contributed by atoms with E-state index < -0.39 is 0 Å². The fourth-order valence-electron chi connectivity index (χ4n) is 2.44. The van der Waals surface area contributed by atoms with Crippen molar-refractivity contribution in [3.63, 3.8) is 0 Å². The Labute approximate surface area is 130 Å². The lowest BCUT2D eigenvalue weighted by Crippen LogP contribution is -3.00. The monoisotopic (exact) mass is 362 g/mol. The highest BCUT2D eigenvalue weighted by molar-refractivity contribution is 5.45. The molecular weight excluding hydrogens is 335 g/mol. The molecule has 1 heterocycles. The lowest BCUT2D eigenvalue weighted by atomic mass is 10.3. The average molecular weight is 362 g/mol. The van der Waals surface area contributed by atoms with Gasteiger partial charge >= 0.3 is 0 Å². The van der Waals surface area contributed by atoms with Crippen LogP contribution in [0.3, 0.4) is 0 Å². The molecule has 18 heavy (non-hydrogen) atoms. The third-order valence-electron chi connectivity index (χ3n) is 3.92. The molecule has 0 spiro atoms. The first kappa shape index (κ1) is 17.7. The highest BCUT2D eigenvalue weighted by Crippen LogP contribution is 2.17. The summed E-state index contributed by atoms with van der Waals surface area (Å²) in [4.78, 5) is 2.53.